The molecule has 150 valence electrons. The maximum absolute atomic E-state index is 13.7. The van der Waals surface area contributed by atoms with Gasteiger partial charge in [-0.2, -0.15) is 0 Å². The Morgan fingerprint density at radius 3 is 2.64 bits per heavy atom. The van der Waals surface area contributed by atoms with Gasteiger partial charge in [-0.3, -0.25) is 4.79 Å². The van der Waals surface area contributed by atoms with Crippen LogP contribution in [-0.4, -0.2) is 70.5 Å². The molecule has 1 aromatic carbocycles. The van der Waals surface area contributed by atoms with E-state index in [4.69, 9.17) is 4.74 Å². The van der Waals surface area contributed by atoms with Crippen molar-refractivity contribution in [3.05, 3.63) is 30.1 Å². The number of halogens is 1. The standard InChI is InChI=1S/C17H20FN5O3S2/c1-2-26-17(25)23-9-7-22(8-10-23)14(24)11-27-16-21-20-15(28-16)19-13-6-4-3-5-12(13)18/h3-6H,2,7-11H2,1H3,(H,19,20). The van der Waals surface area contributed by atoms with Crippen LogP contribution in [0, 0.1) is 5.82 Å². The summed E-state index contributed by atoms with van der Waals surface area (Å²) in [5, 5.41) is 11.3. The normalized spacial score (nSPS) is 14.1. The van der Waals surface area contributed by atoms with Gasteiger partial charge in [-0.25, -0.2) is 9.18 Å². The molecule has 3 rings (SSSR count). The average Bonchev–Trinajstić information content (AvgIpc) is 3.15. The van der Waals surface area contributed by atoms with Gasteiger partial charge in [0.1, 0.15) is 5.82 Å². The van der Waals surface area contributed by atoms with Crippen LogP contribution in [0.5, 0.6) is 0 Å². The number of carbonyl (C=O) groups is 2. The van der Waals surface area contributed by atoms with Gasteiger partial charge in [0.2, 0.25) is 11.0 Å². The summed E-state index contributed by atoms with van der Waals surface area (Å²) in [6, 6.07) is 6.31. The molecular weight excluding hydrogens is 405 g/mol. The molecule has 1 saturated heterocycles. The predicted molar refractivity (Wildman–Crippen MR) is 105 cm³/mol. The van der Waals surface area contributed by atoms with Crippen molar-refractivity contribution < 1.29 is 18.7 Å². The highest BCUT2D eigenvalue weighted by atomic mass is 32.2. The van der Waals surface area contributed by atoms with E-state index in [9.17, 15) is 14.0 Å². The van der Waals surface area contributed by atoms with Gasteiger partial charge in [0.15, 0.2) is 4.34 Å². The van der Waals surface area contributed by atoms with E-state index in [1.54, 1.807) is 34.9 Å². The SMILES string of the molecule is CCOC(=O)N1CCN(C(=O)CSc2nnc(Nc3ccccc3F)s2)CC1. The van der Waals surface area contributed by atoms with E-state index in [0.29, 0.717) is 47.9 Å². The molecule has 1 fully saturated rings. The summed E-state index contributed by atoms with van der Waals surface area (Å²) in [7, 11) is 0. The minimum Gasteiger partial charge on any atom is -0.450 e. The third-order valence-electron chi connectivity index (χ3n) is 4.00. The fraction of sp³-hybridized carbons (Fsp3) is 0.412. The number of ether oxygens (including phenoxy) is 1. The smallest absolute Gasteiger partial charge is 0.409 e. The van der Waals surface area contributed by atoms with Crippen LogP contribution in [0.25, 0.3) is 0 Å². The fourth-order valence-corrected chi connectivity index (χ4v) is 4.23. The van der Waals surface area contributed by atoms with Crippen molar-refractivity contribution in [2.24, 2.45) is 0 Å². The maximum atomic E-state index is 13.7. The number of para-hydroxylation sites is 1. The van der Waals surface area contributed by atoms with Gasteiger partial charge in [0.25, 0.3) is 0 Å². The number of amides is 2. The van der Waals surface area contributed by atoms with Gasteiger partial charge in [-0.05, 0) is 19.1 Å². The Kier molecular flexibility index (Phi) is 7.04. The molecule has 8 nitrogen and oxygen atoms in total. The molecule has 0 atom stereocenters. The van der Waals surface area contributed by atoms with Gasteiger partial charge in [0.05, 0.1) is 18.0 Å². The van der Waals surface area contributed by atoms with E-state index in [-0.39, 0.29) is 23.6 Å². The molecule has 2 heterocycles. The second-order valence-corrected chi connectivity index (χ2v) is 8.03. The molecule has 0 saturated carbocycles. The zero-order valence-corrected chi connectivity index (χ0v) is 16.9. The summed E-state index contributed by atoms with van der Waals surface area (Å²) in [6.45, 7) is 3.99. The molecule has 2 aromatic rings. The zero-order valence-electron chi connectivity index (χ0n) is 15.3. The van der Waals surface area contributed by atoms with Gasteiger partial charge in [0, 0.05) is 26.2 Å². The summed E-state index contributed by atoms with van der Waals surface area (Å²) >= 11 is 2.55. The molecule has 0 bridgehead atoms. The van der Waals surface area contributed by atoms with Gasteiger partial charge in [-0.1, -0.05) is 35.2 Å². The highest BCUT2D eigenvalue weighted by molar-refractivity contribution is 8.01. The Hall–Kier alpha value is -2.40. The van der Waals surface area contributed by atoms with Crippen LogP contribution < -0.4 is 5.32 Å². The number of nitrogens with one attached hydrogen (secondary N) is 1. The monoisotopic (exact) mass is 425 g/mol. The summed E-state index contributed by atoms with van der Waals surface area (Å²) in [5.41, 5.74) is 0.325. The third-order valence-corrected chi connectivity index (χ3v) is 5.96. The van der Waals surface area contributed by atoms with E-state index in [0.717, 1.165) is 0 Å². The minimum atomic E-state index is -0.371. The molecule has 0 spiro atoms. The molecule has 0 aliphatic carbocycles. The van der Waals surface area contributed by atoms with Crippen LogP contribution in [0.4, 0.5) is 20.0 Å². The number of hydrogen-bond donors (Lipinski definition) is 1. The summed E-state index contributed by atoms with van der Waals surface area (Å²) in [4.78, 5) is 27.4. The molecule has 11 heteroatoms. The van der Waals surface area contributed by atoms with E-state index in [2.05, 4.69) is 15.5 Å². The quantitative estimate of drug-likeness (QED) is 0.712. The first-order chi connectivity index (χ1) is 13.6. The number of benzene rings is 1. The number of carbonyl (C=O) groups excluding carboxylic acids is 2. The second kappa shape index (κ2) is 9.69. The lowest BCUT2D eigenvalue weighted by Crippen LogP contribution is -2.51. The summed E-state index contributed by atoms with van der Waals surface area (Å²) in [5.74, 6) is -0.162. The lowest BCUT2D eigenvalue weighted by atomic mass is 10.3. The second-order valence-electron chi connectivity index (χ2n) is 5.83. The number of nitrogens with zero attached hydrogens (tertiary/aromatic N) is 4. The highest BCUT2D eigenvalue weighted by Gasteiger charge is 2.25. The number of rotatable bonds is 6. The molecule has 1 aliphatic heterocycles. The van der Waals surface area contributed by atoms with Crippen LogP contribution in [0.3, 0.4) is 0 Å². The number of thioether (sulfide) groups is 1. The molecule has 2 amide bonds. The van der Waals surface area contributed by atoms with Crippen molar-refractivity contribution in [2.75, 3.05) is 43.9 Å². The van der Waals surface area contributed by atoms with Crippen LogP contribution in [0.15, 0.2) is 28.6 Å². The van der Waals surface area contributed by atoms with Crippen molar-refractivity contribution >= 4 is 45.9 Å². The number of piperazine rings is 1. The maximum Gasteiger partial charge on any atom is 0.409 e. The van der Waals surface area contributed by atoms with E-state index >= 15 is 0 Å². The lowest BCUT2D eigenvalue weighted by Gasteiger charge is -2.33. The highest BCUT2D eigenvalue weighted by Crippen LogP contribution is 2.28. The zero-order chi connectivity index (χ0) is 19.9. The lowest BCUT2D eigenvalue weighted by molar-refractivity contribution is -0.129. The molecule has 0 radical (unpaired) electrons. The summed E-state index contributed by atoms with van der Waals surface area (Å²) in [6.07, 6.45) is -0.340. The molecule has 1 aliphatic rings. The van der Waals surface area contributed by atoms with Gasteiger partial charge in [-0.15, -0.1) is 10.2 Å². The molecule has 1 aromatic heterocycles. The van der Waals surface area contributed by atoms with Crippen molar-refractivity contribution in [1.29, 1.82) is 0 Å². The predicted octanol–water partition coefficient (Wildman–Crippen LogP) is 2.81. The summed E-state index contributed by atoms with van der Waals surface area (Å²) < 4.78 is 19.3. The Bertz CT molecular complexity index is 827. The van der Waals surface area contributed by atoms with Crippen LogP contribution in [-0.2, 0) is 9.53 Å². The molecule has 0 unspecified atom stereocenters. The molecule has 28 heavy (non-hydrogen) atoms. The van der Waals surface area contributed by atoms with Crippen molar-refractivity contribution in [3.8, 4) is 0 Å². The Labute approximate surface area is 170 Å². The van der Waals surface area contributed by atoms with Crippen molar-refractivity contribution in [3.63, 3.8) is 0 Å². The third kappa shape index (κ3) is 5.32. The first-order valence-corrected chi connectivity index (χ1v) is 10.5. The fourth-order valence-electron chi connectivity index (χ4n) is 2.56. The van der Waals surface area contributed by atoms with Gasteiger partial charge >= 0.3 is 6.09 Å². The number of hydrogen-bond acceptors (Lipinski definition) is 8. The van der Waals surface area contributed by atoms with Gasteiger partial charge < -0.3 is 19.9 Å². The molecular formula is C17H20FN5O3S2. The van der Waals surface area contributed by atoms with Crippen LogP contribution >= 0.6 is 23.1 Å². The minimum absolute atomic E-state index is 0.0210. The molecule has 1 N–H and O–H groups in total. The van der Waals surface area contributed by atoms with E-state index in [1.165, 1.54) is 29.2 Å². The van der Waals surface area contributed by atoms with E-state index < -0.39 is 0 Å². The number of aromatic nitrogens is 2. The Balaban J connectivity index is 1.45. The van der Waals surface area contributed by atoms with Crippen molar-refractivity contribution in [2.45, 2.75) is 11.3 Å². The van der Waals surface area contributed by atoms with Crippen LogP contribution in [0.2, 0.25) is 0 Å². The average molecular weight is 426 g/mol. The Morgan fingerprint density at radius 2 is 1.93 bits per heavy atom. The number of anilines is 2. The van der Waals surface area contributed by atoms with Crippen molar-refractivity contribution in [1.82, 2.24) is 20.0 Å². The van der Waals surface area contributed by atoms with Crippen LogP contribution in [0.1, 0.15) is 6.92 Å². The Morgan fingerprint density at radius 1 is 1.21 bits per heavy atom. The topological polar surface area (TPSA) is 87.7 Å². The first-order valence-electron chi connectivity index (χ1n) is 8.74. The largest absolute Gasteiger partial charge is 0.450 e. The van der Waals surface area contributed by atoms with E-state index in [1.807, 2.05) is 0 Å². The first kappa shape index (κ1) is 20.3.